The van der Waals surface area contributed by atoms with E-state index in [1.807, 2.05) is 71.6 Å². The van der Waals surface area contributed by atoms with Crippen LogP contribution in [0.5, 0.6) is 0 Å². The van der Waals surface area contributed by atoms with Gasteiger partial charge in [-0.15, -0.1) is 0 Å². The molecule has 0 aliphatic heterocycles. The lowest BCUT2D eigenvalue weighted by atomic mass is 9.84. The van der Waals surface area contributed by atoms with Crippen LogP contribution in [0.1, 0.15) is 55.0 Å². The first-order valence-electron chi connectivity index (χ1n) is 13.5. The van der Waals surface area contributed by atoms with Crippen molar-refractivity contribution in [3.63, 3.8) is 0 Å². The van der Waals surface area contributed by atoms with E-state index in [1.165, 1.54) is 5.56 Å². The summed E-state index contributed by atoms with van der Waals surface area (Å²) < 4.78 is 7.49. The van der Waals surface area contributed by atoms with Gasteiger partial charge in [0.2, 0.25) is 0 Å². The molecule has 6 nitrogen and oxygen atoms in total. The molecule has 3 aromatic carbocycles. The van der Waals surface area contributed by atoms with E-state index < -0.39 is 0 Å². The molecule has 39 heavy (non-hydrogen) atoms. The zero-order valence-electron chi connectivity index (χ0n) is 23.5. The normalized spacial score (nSPS) is 13.2. The van der Waals surface area contributed by atoms with E-state index in [9.17, 15) is 4.79 Å². The molecule has 0 saturated carbocycles. The second kappa shape index (κ2) is 12.9. The van der Waals surface area contributed by atoms with Gasteiger partial charge in [-0.2, -0.15) is 0 Å². The van der Waals surface area contributed by atoms with Crippen molar-refractivity contribution in [2.75, 3.05) is 20.3 Å². The van der Waals surface area contributed by atoms with Crippen LogP contribution in [0.3, 0.4) is 0 Å². The number of carbonyl (C=O) groups is 1. The Labute approximate surface area is 232 Å². The Hall–Kier alpha value is -3.74. The monoisotopic (exact) mass is 524 g/mol. The molecule has 0 fully saturated rings. The highest BCUT2D eigenvalue weighted by Gasteiger charge is 2.38. The van der Waals surface area contributed by atoms with Crippen LogP contribution in [-0.4, -0.2) is 46.7 Å². The lowest BCUT2D eigenvalue weighted by molar-refractivity contribution is 0.0463. The molecule has 0 aliphatic rings. The van der Waals surface area contributed by atoms with Crippen molar-refractivity contribution in [3.05, 3.63) is 114 Å². The SMILES string of the molecule is COCC(N)CCN(C(=O)c1ccccc1)C(c1nc(-c2ccccc2)cn1Cc1ccccc1)C(C)(C)C. The molecule has 0 aliphatic carbocycles. The second-order valence-electron chi connectivity index (χ2n) is 11.1. The second-order valence-corrected chi connectivity index (χ2v) is 11.1. The lowest BCUT2D eigenvalue weighted by Gasteiger charge is -2.40. The average molecular weight is 525 g/mol. The zero-order valence-corrected chi connectivity index (χ0v) is 23.5. The Bertz CT molecular complexity index is 1310. The predicted molar refractivity (Wildman–Crippen MR) is 157 cm³/mol. The quantitative estimate of drug-likeness (QED) is 0.254. The third-order valence-corrected chi connectivity index (χ3v) is 6.85. The summed E-state index contributed by atoms with van der Waals surface area (Å²) >= 11 is 0. The Kier molecular flexibility index (Phi) is 9.33. The predicted octanol–water partition coefficient (Wildman–Crippen LogP) is 6.19. The number of imidazole rings is 1. The van der Waals surface area contributed by atoms with E-state index in [4.69, 9.17) is 15.5 Å². The van der Waals surface area contributed by atoms with E-state index in [2.05, 4.69) is 55.8 Å². The highest BCUT2D eigenvalue weighted by atomic mass is 16.5. The standard InChI is InChI=1S/C33H40N4O2/c1-33(2,3)30(37(21-20-28(34)24-39-4)32(38)27-18-12-7-13-19-27)31-35-29(26-16-10-6-11-17-26)23-36(31)22-25-14-8-5-9-15-25/h5-19,23,28,30H,20-22,24,34H2,1-4H3. The fourth-order valence-corrected chi connectivity index (χ4v) is 4.99. The van der Waals surface area contributed by atoms with Crippen LogP contribution in [0.25, 0.3) is 11.3 Å². The summed E-state index contributed by atoms with van der Waals surface area (Å²) in [7, 11) is 1.65. The average Bonchev–Trinajstić information content (AvgIpc) is 3.34. The summed E-state index contributed by atoms with van der Waals surface area (Å²) in [5, 5.41) is 0. The molecule has 0 radical (unpaired) electrons. The Morgan fingerprint density at radius 3 is 2.13 bits per heavy atom. The molecule has 204 valence electrons. The summed E-state index contributed by atoms with van der Waals surface area (Å²) in [5.41, 5.74) is 9.78. The Morgan fingerprint density at radius 1 is 0.949 bits per heavy atom. The highest BCUT2D eigenvalue weighted by Crippen LogP contribution is 2.40. The van der Waals surface area contributed by atoms with Gasteiger partial charge in [-0.1, -0.05) is 99.6 Å². The number of nitrogens with zero attached hydrogens (tertiary/aromatic N) is 3. The number of benzene rings is 3. The molecule has 0 saturated heterocycles. The van der Waals surface area contributed by atoms with Gasteiger partial charge < -0.3 is 19.9 Å². The minimum Gasteiger partial charge on any atom is -0.383 e. The molecule has 2 unspecified atom stereocenters. The van der Waals surface area contributed by atoms with Crippen LogP contribution >= 0.6 is 0 Å². The minimum atomic E-state index is -0.316. The molecule has 2 atom stereocenters. The van der Waals surface area contributed by atoms with Crippen LogP contribution in [0.15, 0.2) is 97.2 Å². The maximum Gasteiger partial charge on any atom is 0.254 e. The van der Waals surface area contributed by atoms with Crippen molar-refractivity contribution in [1.29, 1.82) is 0 Å². The Morgan fingerprint density at radius 2 is 1.54 bits per heavy atom. The molecule has 0 bridgehead atoms. The van der Waals surface area contributed by atoms with Gasteiger partial charge >= 0.3 is 0 Å². The lowest BCUT2D eigenvalue weighted by Crippen LogP contribution is -2.44. The number of amides is 1. The molecular formula is C33H40N4O2. The maximum atomic E-state index is 14.1. The van der Waals surface area contributed by atoms with E-state index >= 15 is 0 Å². The van der Waals surface area contributed by atoms with E-state index in [-0.39, 0.29) is 23.4 Å². The van der Waals surface area contributed by atoms with Crippen LogP contribution in [0, 0.1) is 5.41 Å². The molecule has 1 heterocycles. The van der Waals surface area contributed by atoms with E-state index in [0.29, 0.717) is 31.7 Å². The third-order valence-electron chi connectivity index (χ3n) is 6.85. The molecular weight excluding hydrogens is 484 g/mol. The van der Waals surface area contributed by atoms with E-state index in [0.717, 1.165) is 17.1 Å². The van der Waals surface area contributed by atoms with Crippen LogP contribution in [0.2, 0.25) is 0 Å². The molecule has 4 rings (SSSR count). The molecule has 4 aromatic rings. The van der Waals surface area contributed by atoms with Gasteiger partial charge in [0.15, 0.2) is 0 Å². The maximum absolute atomic E-state index is 14.1. The van der Waals surface area contributed by atoms with Crippen molar-refractivity contribution in [2.24, 2.45) is 11.1 Å². The molecule has 0 spiro atoms. The van der Waals surface area contributed by atoms with Gasteiger partial charge in [0.05, 0.1) is 18.3 Å². The van der Waals surface area contributed by atoms with Crippen molar-refractivity contribution in [2.45, 2.75) is 45.8 Å². The highest BCUT2D eigenvalue weighted by molar-refractivity contribution is 5.94. The number of ether oxygens (including phenoxy) is 1. The Balaban J connectivity index is 1.84. The minimum absolute atomic E-state index is 0.0318. The van der Waals surface area contributed by atoms with Crippen LogP contribution < -0.4 is 5.73 Å². The number of carbonyl (C=O) groups excluding carboxylic acids is 1. The van der Waals surface area contributed by atoms with Crippen LogP contribution in [0.4, 0.5) is 0 Å². The largest absolute Gasteiger partial charge is 0.383 e. The summed E-state index contributed by atoms with van der Waals surface area (Å²) in [4.78, 5) is 21.3. The first kappa shape index (κ1) is 28.3. The molecule has 1 amide bonds. The third kappa shape index (κ3) is 7.22. The van der Waals surface area contributed by atoms with E-state index in [1.54, 1.807) is 7.11 Å². The number of aromatic nitrogens is 2. The van der Waals surface area contributed by atoms with Crippen LogP contribution in [-0.2, 0) is 11.3 Å². The fraction of sp³-hybridized carbons (Fsp3) is 0.333. The van der Waals surface area contributed by atoms with Gasteiger partial charge in [0.25, 0.3) is 5.91 Å². The first-order chi connectivity index (χ1) is 18.8. The van der Waals surface area contributed by atoms with Gasteiger partial charge in [-0.05, 0) is 29.5 Å². The van der Waals surface area contributed by atoms with Gasteiger partial charge in [0.1, 0.15) is 5.82 Å². The van der Waals surface area contributed by atoms with Crippen molar-refractivity contribution in [3.8, 4) is 11.3 Å². The number of hydrogen-bond donors (Lipinski definition) is 1. The topological polar surface area (TPSA) is 73.4 Å². The summed E-state index contributed by atoms with van der Waals surface area (Å²) in [5.74, 6) is 0.825. The number of methoxy groups -OCH3 is 1. The van der Waals surface area contributed by atoms with Crippen molar-refractivity contribution in [1.82, 2.24) is 14.5 Å². The van der Waals surface area contributed by atoms with Gasteiger partial charge in [0, 0.05) is 43.6 Å². The summed E-state index contributed by atoms with van der Waals surface area (Å²) in [6, 6.07) is 29.5. The fourth-order valence-electron chi connectivity index (χ4n) is 4.99. The number of nitrogens with two attached hydrogens (primary N) is 1. The smallest absolute Gasteiger partial charge is 0.254 e. The van der Waals surface area contributed by atoms with Crippen molar-refractivity contribution < 1.29 is 9.53 Å². The molecule has 6 heteroatoms. The number of rotatable bonds is 11. The zero-order chi connectivity index (χ0) is 27.8. The summed E-state index contributed by atoms with van der Waals surface area (Å²) in [6.07, 6.45) is 2.72. The first-order valence-corrected chi connectivity index (χ1v) is 13.5. The summed E-state index contributed by atoms with van der Waals surface area (Å²) in [6.45, 7) is 8.08. The molecule has 1 aromatic heterocycles. The van der Waals surface area contributed by atoms with Gasteiger partial charge in [-0.25, -0.2) is 4.98 Å². The number of hydrogen-bond acceptors (Lipinski definition) is 4. The molecule has 2 N–H and O–H groups in total. The van der Waals surface area contributed by atoms with Crippen molar-refractivity contribution >= 4 is 5.91 Å². The van der Waals surface area contributed by atoms with Gasteiger partial charge in [-0.3, -0.25) is 4.79 Å².